The minimum atomic E-state index is -0.184. The Balaban J connectivity index is 1.86. The molecule has 1 N–H and O–H groups in total. The number of hydrogen-bond acceptors (Lipinski definition) is 5. The van der Waals surface area contributed by atoms with Crippen LogP contribution in [0.2, 0.25) is 0 Å². The van der Waals surface area contributed by atoms with E-state index in [9.17, 15) is 4.79 Å². The molecule has 1 amide bonds. The first-order valence-corrected chi connectivity index (χ1v) is 6.75. The lowest BCUT2D eigenvalue weighted by Gasteiger charge is -2.00. The molecule has 0 fully saturated rings. The van der Waals surface area contributed by atoms with Crippen LogP contribution in [0.1, 0.15) is 10.4 Å². The number of carbonyl (C=O) groups excluding carboxylic acids is 1. The van der Waals surface area contributed by atoms with E-state index in [1.54, 1.807) is 31.5 Å². The van der Waals surface area contributed by atoms with Gasteiger partial charge in [0.2, 0.25) is 0 Å². The van der Waals surface area contributed by atoms with Gasteiger partial charge in [0.1, 0.15) is 16.1 Å². The summed E-state index contributed by atoms with van der Waals surface area (Å²) in [5, 5.41) is 3.30. The van der Waals surface area contributed by atoms with Gasteiger partial charge in [-0.1, -0.05) is 29.5 Å². The highest BCUT2D eigenvalue weighted by Gasteiger charge is 2.10. The molecular weight excluding hydrogens is 274 g/mol. The van der Waals surface area contributed by atoms with E-state index in [-0.39, 0.29) is 5.91 Å². The zero-order chi connectivity index (χ0) is 13.9. The first-order valence-electron chi connectivity index (χ1n) is 5.93. The molecule has 2 heterocycles. The Morgan fingerprint density at radius 3 is 2.85 bits per heavy atom. The maximum absolute atomic E-state index is 12.0. The Morgan fingerprint density at radius 2 is 2.10 bits per heavy atom. The van der Waals surface area contributed by atoms with Crippen molar-refractivity contribution in [3.8, 4) is 5.75 Å². The van der Waals surface area contributed by atoms with Crippen molar-refractivity contribution in [3.05, 3.63) is 48.2 Å². The first kappa shape index (κ1) is 12.6. The van der Waals surface area contributed by atoms with Crippen LogP contribution in [0, 0.1) is 0 Å². The molecule has 0 unspecified atom stereocenters. The van der Waals surface area contributed by atoms with Gasteiger partial charge in [0, 0.05) is 11.6 Å². The van der Waals surface area contributed by atoms with Crippen LogP contribution in [0.4, 0.5) is 5.13 Å². The number of rotatable bonds is 3. The van der Waals surface area contributed by atoms with Crippen LogP contribution in [0.5, 0.6) is 5.75 Å². The van der Waals surface area contributed by atoms with Crippen LogP contribution in [-0.2, 0) is 0 Å². The van der Waals surface area contributed by atoms with E-state index < -0.39 is 0 Å². The number of methoxy groups -OCH3 is 1. The predicted molar refractivity (Wildman–Crippen MR) is 78.4 cm³/mol. The van der Waals surface area contributed by atoms with Gasteiger partial charge in [-0.05, 0) is 12.1 Å². The van der Waals surface area contributed by atoms with Crippen molar-refractivity contribution >= 4 is 32.7 Å². The molecule has 0 spiro atoms. The molecule has 100 valence electrons. The summed E-state index contributed by atoms with van der Waals surface area (Å²) >= 11 is 1.33. The Morgan fingerprint density at radius 1 is 1.30 bits per heavy atom. The molecule has 1 aromatic carbocycles. The molecule has 20 heavy (non-hydrogen) atoms. The van der Waals surface area contributed by atoms with Gasteiger partial charge in [-0.25, -0.2) is 9.97 Å². The monoisotopic (exact) mass is 285 g/mol. The van der Waals surface area contributed by atoms with Crippen molar-refractivity contribution in [2.24, 2.45) is 0 Å². The molecule has 0 aliphatic rings. The number of nitrogens with one attached hydrogen (secondary N) is 1. The summed E-state index contributed by atoms with van der Waals surface area (Å²) in [7, 11) is 1.58. The van der Waals surface area contributed by atoms with Crippen LogP contribution < -0.4 is 10.1 Å². The maximum Gasteiger partial charge on any atom is 0.257 e. The second kappa shape index (κ2) is 5.26. The van der Waals surface area contributed by atoms with Crippen LogP contribution in [-0.4, -0.2) is 23.0 Å². The standard InChI is InChI=1S/C14H11N3O2S/c1-19-10-7-11-13(15-8-10)20-14(16-11)17-12(18)9-5-3-2-4-6-9/h2-8H,1H3,(H,16,17,18). The number of carbonyl (C=O) groups is 1. The SMILES string of the molecule is COc1cnc2sc(NC(=O)c3ccccc3)nc2c1. The number of fused-ring (bicyclic) bond motifs is 1. The summed E-state index contributed by atoms with van der Waals surface area (Å²) < 4.78 is 5.10. The summed E-state index contributed by atoms with van der Waals surface area (Å²) in [4.78, 5) is 21.3. The average Bonchev–Trinajstić information content (AvgIpc) is 2.89. The Labute approximate surface area is 119 Å². The molecule has 3 rings (SSSR count). The van der Waals surface area contributed by atoms with Gasteiger partial charge in [-0.2, -0.15) is 0 Å². The van der Waals surface area contributed by atoms with Crippen molar-refractivity contribution in [2.75, 3.05) is 12.4 Å². The minimum absolute atomic E-state index is 0.184. The zero-order valence-corrected chi connectivity index (χ0v) is 11.5. The molecule has 0 bridgehead atoms. The van der Waals surface area contributed by atoms with Crippen molar-refractivity contribution < 1.29 is 9.53 Å². The number of amides is 1. The summed E-state index contributed by atoms with van der Waals surface area (Å²) in [6, 6.07) is 10.8. The van der Waals surface area contributed by atoms with Crippen molar-refractivity contribution in [1.29, 1.82) is 0 Å². The van der Waals surface area contributed by atoms with E-state index >= 15 is 0 Å². The molecule has 0 saturated carbocycles. The Bertz CT molecular complexity index is 755. The predicted octanol–water partition coefficient (Wildman–Crippen LogP) is 2.95. The minimum Gasteiger partial charge on any atom is -0.495 e. The molecule has 3 aromatic rings. The fourth-order valence-electron chi connectivity index (χ4n) is 1.73. The summed E-state index contributed by atoms with van der Waals surface area (Å²) in [6.07, 6.45) is 1.63. The lowest BCUT2D eigenvalue weighted by Crippen LogP contribution is -2.11. The average molecular weight is 285 g/mol. The number of benzene rings is 1. The first-order chi connectivity index (χ1) is 9.76. The summed E-state index contributed by atoms with van der Waals surface area (Å²) in [5.74, 6) is 0.459. The van der Waals surface area contributed by atoms with Gasteiger partial charge in [0.15, 0.2) is 5.13 Å². The van der Waals surface area contributed by atoms with E-state index in [0.29, 0.717) is 22.0 Å². The number of pyridine rings is 1. The lowest BCUT2D eigenvalue weighted by molar-refractivity contribution is 0.102. The number of aromatic nitrogens is 2. The molecule has 0 radical (unpaired) electrons. The molecule has 6 heteroatoms. The third-order valence-corrected chi connectivity index (χ3v) is 3.61. The van der Waals surface area contributed by atoms with Gasteiger partial charge in [-0.15, -0.1) is 0 Å². The summed E-state index contributed by atoms with van der Waals surface area (Å²) in [5.41, 5.74) is 1.30. The van der Waals surface area contributed by atoms with Crippen LogP contribution in [0.3, 0.4) is 0 Å². The third-order valence-electron chi connectivity index (χ3n) is 2.71. The van der Waals surface area contributed by atoms with Gasteiger partial charge < -0.3 is 4.74 Å². The van der Waals surface area contributed by atoms with E-state index in [1.165, 1.54) is 11.3 Å². The van der Waals surface area contributed by atoms with Gasteiger partial charge >= 0.3 is 0 Å². The number of thiazole rings is 1. The maximum atomic E-state index is 12.0. The molecule has 5 nitrogen and oxygen atoms in total. The van der Waals surface area contributed by atoms with E-state index in [0.717, 1.165) is 4.83 Å². The Kier molecular flexibility index (Phi) is 3.30. The largest absolute Gasteiger partial charge is 0.495 e. The normalized spacial score (nSPS) is 10.4. The number of nitrogens with zero attached hydrogens (tertiary/aromatic N) is 2. The van der Waals surface area contributed by atoms with Crippen LogP contribution in [0.25, 0.3) is 10.3 Å². The fourth-order valence-corrected chi connectivity index (χ4v) is 2.51. The second-order valence-corrected chi connectivity index (χ2v) is 5.02. The summed E-state index contributed by atoms with van der Waals surface area (Å²) in [6.45, 7) is 0. The number of hydrogen-bond donors (Lipinski definition) is 1. The van der Waals surface area contributed by atoms with Gasteiger partial charge in [0.25, 0.3) is 5.91 Å². The quantitative estimate of drug-likeness (QED) is 0.803. The zero-order valence-electron chi connectivity index (χ0n) is 10.7. The Hall–Kier alpha value is -2.47. The fraction of sp³-hybridized carbons (Fsp3) is 0.0714. The molecular formula is C14H11N3O2S. The smallest absolute Gasteiger partial charge is 0.257 e. The highest BCUT2D eigenvalue weighted by atomic mass is 32.1. The topological polar surface area (TPSA) is 64.1 Å². The molecule has 0 atom stereocenters. The lowest BCUT2D eigenvalue weighted by atomic mass is 10.2. The van der Waals surface area contributed by atoms with E-state index in [4.69, 9.17) is 4.74 Å². The molecule has 2 aromatic heterocycles. The highest BCUT2D eigenvalue weighted by Crippen LogP contribution is 2.26. The molecule has 0 aliphatic carbocycles. The van der Waals surface area contributed by atoms with E-state index in [1.807, 2.05) is 18.2 Å². The second-order valence-electron chi connectivity index (χ2n) is 4.04. The molecule has 0 aliphatic heterocycles. The third kappa shape index (κ3) is 2.46. The van der Waals surface area contributed by atoms with E-state index in [2.05, 4.69) is 15.3 Å². The van der Waals surface area contributed by atoms with Crippen LogP contribution >= 0.6 is 11.3 Å². The van der Waals surface area contributed by atoms with Gasteiger partial charge in [-0.3, -0.25) is 10.1 Å². The van der Waals surface area contributed by atoms with Crippen molar-refractivity contribution in [2.45, 2.75) is 0 Å². The molecule has 0 saturated heterocycles. The number of ether oxygens (including phenoxy) is 1. The van der Waals surface area contributed by atoms with Crippen LogP contribution in [0.15, 0.2) is 42.6 Å². The highest BCUT2D eigenvalue weighted by molar-refractivity contribution is 7.21. The van der Waals surface area contributed by atoms with Crippen molar-refractivity contribution in [3.63, 3.8) is 0 Å². The number of anilines is 1. The van der Waals surface area contributed by atoms with Gasteiger partial charge in [0.05, 0.1) is 13.3 Å². The van der Waals surface area contributed by atoms with Crippen molar-refractivity contribution in [1.82, 2.24) is 9.97 Å².